The van der Waals surface area contributed by atoms with Crippen molar-refractivity contribution in [2.45, 2.75) is 45.7 Å². The molecule has 0 saturated heterocycles. The highest BCUT2D eigenvalue weighted by molar-refractivity contribution is 6.39. The number of pyridine rings is 1. The first-order valence-corrected chi connectivity index (χ1v) is 11.3. The minimum Gasteiger partial charge on any atom is -0.323 e. The van der Waals surface area contributed by atoms with Crippen LogP contribution in [0, 0.1) is 11.8 Å². The molecule has 1 saturated carbocycles. The summed E-state index contributed by atoms with van der Waals surface area (Å²) in [6, 6.07) is 6.96. The summed E-state index contributed by atoms with van der Waals surface area (Å²) in [5.41, 5.74) is 2.39. The van der Waals surface area contributed by atoms with Crippen LogP contribution in [0.3, 0.4) is 0 Å². The average molecular weight is 501 g/mol. The van der Waals surface area contributed by atoms with Gasteiger partial charge in [-0.15, -0.1) is 0 Å². The van der Waals surface area contributed by atoms with Gasteiger partial charge in [0.05, 0.1) is 21.7 Å². The molecule has 178 valence electrons. The number of nitrogens with zero attached hydrogens (tertiary/aromatic N) is 3. The minimum atomic E-state index is -3.94. The average Bonchev–Trinajstić information content (AvgIpc) is 3.06. The molecule has 2 aromatic heterocycles. The van der Waals surface area contributed by atoms with Crippen molar-refractivity contribution in [1.82, 2.24) is 14.5 Å². The quantitative estimate of drug-likeness (QED) is 0.376. The predicted octanol–water partition coefficient (Wildman–Crippen LogP) is 7.60. The summed E-state index contributed by atoms with van der Waals surface area (Å²) in [5, 5.41) is 4.10. The first-order valence-electron chi connectivity index (χ1n) is 10.6. The van der Waals surface area contributed by atoms with Crippen LogP contribution >= 0.6 is 23.2 Å². The Balaban J connectivity index is 0.000000235. The maximum atomic E-state index is 12.1. The largest absolute Gasteiger partial charge is 0.391 e. The van der Waals surface area contributed by atoms with E-state index in [0.29, 0.717) is 57.2 Å². The van der Waals surface area contributed by atoms with E-state index in [-0.39, 0.29) is 5.78 Å². The Morgan fingerprint density at radius 1 is 1.15 bits per heavy atom. The van der Waals surface area contributed by atoms with Crippen molar-refractivity contribution in [3.05, 3.63) is 46.1 Å². The van der Waals surface area contributed by atoms with E-state index in [2.05, 4.69) is 15.3 Å². The number of Topliss-reactive ketones (excluding diaryl/α,β-unsaturated/α-hetero) is 1. The molecular weight excluding hydrogens is 476 g/mol. The summed E-state index contributed by atoms with van der Waals surface area (Å²) < 4.78 is 38.0. The van der Waals surface area contributed by atoms with Gasteiger partial charge in [0.15, 0.2) is 11.4 Å². The molecule has 3 aromatic rings. The molecule has 1 aromatic carbocycles. The maximum absolute atomic E-state index is 12.1. The second-order valence-electron chi connectivity index (χ2n) is 8.34. The number of rotatable bonds is 3. The number of hydrogen-bond acceptors (Lipinski definition) is 4. The number of carbonyl (C=O) groups is 1. The number of anilines is 2. The molecule has 1 fully saturated rings. The van der Waals surface area contributed by atoms with Crippen LogP contribution in [0.2, 0.25) is 10.0 Å². The molecule has 0 atom stereocenters. The van der Waals surface area contributed by atoms with E-state index < -0.39 is 12.1 Å². The number of imidazole rings is 1. The Kier molecular flexibility index (Phi) is 7.90. The van der Waals surface area contributed by atoms with E-state index in [1.807, 2.05) is 14.0 Å². The van der Waals surface area contributed by atoms with Gasteiger partial charge in [-0.2, -0.15) is 13.2 Å². The summed E-state index contributed by atoms with van der Waals surface area (Å²) in [6.45, 7) is 3.51. The molecular formula is C23H25Cl2F3N4O. The smallest absolute Gasteiger partial charge is 0.323 e. The van der Waals surface area contributed by atoms with Gasteiger partial charge in [-0.1, -0.05) is 49.0 Å². The first-order chi connectivity index (χ1) is 15.5. The Hall–Kier alpha value is -2.32. The third-order valence-electron chi connectivity index (χ3n) is 5.79. The van der Waals surface area contributed by atoms with Gasteiger partial charge in [-0.25, -0.2) is 9.97 Å². The van der Waals surface area contributed by atoms with Crippen molar-refractivity contribution in [3.8, 4) is 0 Å². The molecule has 2 heterocycles. The number of benzene rings is 1. The van der Waals surface area contributed by atoms with Crippen LogP contribution < -0.4 is 5.32 Å². The number of alkyl halides is 3. The van der Waals surface area contributed by atoms with Gasteiger partial charge in [-0.3, -0.25) is 9.36 Å². The lowest BCUT2D eigenvalue weighted by Crippen LogP contribution is -2.26. The van der Waals surface area contributed by atoms with Crippen molar-refractivity contribution >= 4 is 51.8 Å². The summed E-state index contributed by atoms with van der Waals surface area (Å²) in [7, 11) is 1.82. The number of aromatic nitrogens is 3. The van der Waals surface area contributed by atoms with Crippen LogP contribution in [-0.2, 0) is 7.05 Å². The van der Waals surface area contributed by atoms with Crippen LogP contribution in [0.25, 0.3) is 11.2 Å². The molecule has 5 nitrogen and oxygen atoms in total. The third kappa shape index (κ3) is 6.18. The third-order valence-corrected chi connectivity index (χ3v) is 6.42. The fourth-order valence-electron chi connectivity index (χ4n) is 3.70. The van der Waals surface area contributed by atoms with Gasteiger partial charge in [0.1, 0.15) is 5.52 Å². The monoisotopic (exact) mass is 500 g/mol. The molecule has 0 amide bonds. The molecule has 1 N–H and O–H groups in total. The van der Waals surface area contributed by atoms with Crippen LogP contribution in [0.5, 0.6) is 0 Å². The van der Waals surface area contributed by atoms with Crippen LogP contribution in [-0.4, -0.2) is 26.5 Å². The number of hydrogen-bond donors (Lipinski definition) is 1. The molecule has 33 heavy (non-hydrogen) atoms. The normalized spacial score (nSPS) is 18.5. The van der Waals surface area contributed by atoms with Crippen LogP contribution in [0.1, 0.15) is 49.9 Å². The number of fused-ring (bicyclic) bond motifs is 1. The number of nitrogens with one attached hydrogen (secondary N) is 1. The zero-order valence-corrected chi connectivity index (χ0v) is 20.0. The van der Waals surface area contributed by atoms with Gasteiger partial charge in [0.25, 0.3) is 0 Å². The first kappa shape index (κ1) is 25.3. The summed E-state index contributed by atoms with van der Waals surface area (Å²) >= 11 is 12.3. The van der Waals surface area contributed by atoms with Crippen molar-refractivity contribution in [1.29, 1.82) is 0 Å². The Morgan fingerprint density at radius 3 is 2.30 bits per heavy atom. The molecule has 0 radical (unpaired) electrons. The van der Waals surface area contributed by atoms with Gasteiger partial charge in [-0.05, 0) is 43.9 Å². The number of carbonyl (C=O) groups excluding carboxylic acids is 1. The lowest BCUT2D eigenvalue weighted by atomic mass is 9.83. The minimum absolute atomic E-state index is 0.0521. The van der Waals surface area contributed by atoms with Crippen molar-refractivity contribution in [2.75, 3.05) is 5.32 Å². The van der Waals surface area contributed by atoms with Gasteiger partial charge >= 0.3 is 6.18 Å². The predicted molar refractivity (Wildman–Crippen MR) is 125 cm³/mol. The van der Waals surface area contributed by atoms with Crippen molar-refractivity contribution < 1.29 is 18.0 Å². The maximum Gasteiger partial charge on any atom is 0.391 e. The fraction of sp³-hybridized carbons (Fsp3) is 0.435. The molecule has 0 unspecified atom stereocenters. The van der Waals surface area contributed by atoms with E-state index in [1.54, 1.807) is 35.0 Å². The van der Waals surface area contributed by atoms with Gasteiger partial charge in [0.2, 0.25) is 5.95 Å². The van der Waals surface area contributed by atoms with E-state index in [0.717, 1.165) is 12.8 Å². The lowest BCUT2D eigenvalue weighted by molar-refractivity contribution is -0.183. The van der Waals surface area contributed by atoms with Gasteiger partial charge in [0, 0.05) is 18.8 Å². The van der Waals surface area contributed by atoms with Gasteiger partial charge < -0.3 is 5.32 Å². The van der Waals surface area contributed by atoms with Crippen molar-refractivity contribution in [3.63, 3.8) is 0 Å². The molecule has 1 aliphatic carbocycles. The summed E-state index contributed by atoms with van der Waals surface area (Å²) in [4.78, 5) is 20.2. The van der Waals surface area contributed by atoms with E-state index >= 15 is 0 Å². The van der Waals surface area contributed by atoms with E-state index in [4.69, 9.17) is 23.2 Å². The zero-order valence-electron chi connectivity index (χ0n) is 18.5. The Labute approximate surface area is 200 Å². The summed E-state index contributed by atoms with van der Waals surface area (Å²) in [6.07, 6.45) is -0.248. The summed E-state index contributed by atoms with van der Waals surface area (Å²) in [5.74, 6) is -0.0331. The second kappa shape index (κ2) is 10.3. The molecule has 1 aliphatic rings. The van der Waals surface area contributed by atoms with E-state index in [1.165, 1.54) is 6.92 Å². The number of para-hydroxylation sites is 1. The molecule has 0 spiro atoms. The van der Waals surface area contributed by atoms with Crippen molar-refractivity contribution in [2.24, 2.45) is 18.9 Å². The highest BCUT2D eigenvalue weighted by atomic mass is 35.5. The highest BCUT2D eigenvalue weighted by Gasteiger charge is 2.40. The number of ketones is 1. The molecule has 4 rings (SSSR count). The Bertz CT molecular complexity index is 1120. The second-order valence-corrected chi connectivity index (χ2v) is 9.15. The fourth-order valence-corrected chi connectivity index (χ4v) is 4.19. The Morgan fingerprint density at radius 2 is 1.76 bits per heavy atom. The number of halogens is 5. The standard InChI is InChI=1S/C15H12Cl2N4O.C8H13F3/c1-8(22)9-6-12-14(18-7-9)21(2)15(19-12)20-13-10(16)4-3-5-11(13)17;1-6-2-4-7(5-3-6)8(9,10)11/h3-7H,1-2H3,(H,19,20);6-7H,2-5H2,1H3. The van der Waals surface area contributed by atoms with E-state index in [9.17, 15) is 18.0 Å². The van der Waals surface area contributed by atoms with Crippen LogP contribution in [0.4, 0.5) is 24.8 Å². The number of aryl methyl sites for hydroxylation is 1. The molecule has 0 bridgehead atoms. The van der Waals surface area contributed by atoms with Crippen LogP contribution in [0.15, 0.2) is 30.5 Å². The highest BCUT2D eigenvalue weighted by Crippen LogP contribution is 2.39. The topological polar surface area (TPSA) is 59.8 Å². The molecule has 0 aliphatic heterocycles. The SMILES string of the molecule is CC(=O)c1cnc2c(c1)nc(Nc1c(Cl)cccc1Cl)n2C.CC1CCC(C(F)(F)F)CC1. The molecule has 10 heteroatoms. The zero-order chi connectivity index (χ0) is 24.3. The lowest BCUT2D eigenvalue weighted by Gasteiger charge is -2.27.